The molecule has 0 aliphatic carbocycles. The molecule has 8 nitrogen and oxygen atoms in total. The van der Waals surface area contributed by atoms with E-state index < -0.39 is 12.2 Å². The largest absolute Gasteiger partial charge is 0.491 e. The van der Waals surface area contributed by atoms with Crippen LogP contribution in [0.2, 0.25) is 0 Å². The van der Waals surface area contributed by atoms with Gasteiger partial charge in [0.2, 0.25) is 0 Å². The van der Waals surface area contributed by atoms with Crippen LogP contribution in [-0.4, -0.2) is 135 Å². The Bertz CT molecular complexity index is 549. The fourth-order valence-corrected chi connectivity index (χ4v) is 3.78. The molecule has 2 fully saturated rings. The highest BCUT2D eigenvalue weighted by Gasteiger charge is 2.18. The van der Waals surface area contributed by atoms with Crippen molar-refractivity contribution in [3.05, 3.63) is 24.3 Å². The lowest BCUT2D eigenvalue weighted by Crippen LogP contribution is -2.47. The first-order valence-corrected chi connectivity index (χ1v) is 11.0. The maximum Gasteiger partial charge on any atom is 0.119 e. The van der Waals surface area contributed by atoms with E-state index in [4.69, 9.17) is 9.47 Å². The molecule has 0 bridgehead atoms. The molecule has 0 aromatic heterocycles. The summed E-state index contributed by atoms with van der Waals surface area (Å²) in [7, 11) is 4.25. The van der Waals surface area contributed by atoms with Crippen LogP contribution in [0.4, 0.5) is 0 Å². The molecule has 2 N–H and O–H groups in total. The Morgan fingerprint density at radius 3 is 1.33 bits per heavy atom. The third-order valence-electron chi connectivity index (χ3n) is 5.84. The molecule has 2 aliphatic heterocycles. The number of nitrogens with zero attached hydrogens (tertiary/aromatic N) is 4. The van der Waals surface area contributed by atoms with E-state index in [1.807, 2.05) is 24.3 Å². The fourth-order valence-electron chi connectivity index (χ4n) is 3.78. The number of hydrogen-bond donors (Lipinski definition) is 2. The highest BCUT2D eigenvalue weighted by atomic mass is 16.5. The zero-order valence-electron chi connectivity index (χ0n) is 18.4. The Kier molecular flexibility index (Phi) is 9.17. The van der Waals surface area contributed by atoms with Gasteiger partial charge in [-0.1, -0.05) is 0 Å². The Morgan fingerprint density at radius 1 is 0.667 bits per heavy atom. The lowest BCUT2D eigenvalue weighted by Gasteiger charge is -2.33. The molecule has 170 valence electrons. The zero-order chi connectivity index (χ0) is 21.3. The minimum Gasteiger partial charge on any atom is -0.491 e. The molecule has 0 radical (unpaired) electrons. The van der Waals surface area contributed by atoms with E-state index in [1.54, 1.807) is 0 Å². The second-order valence-corrected chi connectivity index (χ2v) is 8.61. The smallest absolute Gasteiger partial charge is 0.119 e. The number of piperazine rings is 2. The Labute approximate surface area is 180 Å². The van der Waals surface area contributed by atoms with Crippen molar-refractivity contribution >= 4 is 0 Å². The number of rotatable bonds is 10. The first-order valence-electron chi connectivity index (χ1n) is 11.0. The second kappa shape index (κ2) is 11.8. The molecule has 2 aliphatic rings. The highest BCUT2D eigenvalue weighted by molar-refractivity contribution is 5.31. The summed E-state index contributed by atoms with van der Waals surface area (Å²) in [6.45, 7) is 9.94. The van der Waals surface area contributed by atoms with Gasteiger partial charge in [0.15, 0.2) is 0 Å². The van der Waals surface area contributed by atoms with Gasteiger partial charge in [-0.3, -0.25) is 9.80 Å². The second-order valence-electron chi connectivity index (χ2n) is 8.61. The summed E-state index contributed by atoms with van der Waals surface area (Å²) >= 11 is 0. The standard InChI is InChI=1S/C22H38N4O4/c1-23-7-11-25(12-8-23)15-19(27)17-29-21-3-5-22(6-4-21)30-18-20(28)16-26-13-9-24(2)10-14-26/h3-6,19-20,27-28H,7-18H2,1-2H3/t19-,20-/m0/s1. The van der Waals surface area contributed by atoms with Crippen molar-refractivity contribution < 1.29 is 19.7 Å². The van der Waals surface area contributed by atoms with Crippen LogP contribution < -0.4 is 9.47 Å². The van der Waals surface area contributed by atoms with Crippen molar-refractivity contribution in [1.82, 2.24) is 19.6 Å². The predicted molar refractivity (Wildman–Crippen MR) is 117 cm³/mol. The monoisotopic (exact) mass is 422 g/mol. The van der Waals surface area contributed by atoms with E-state index >= 15 is 0 Å². The number of hydrogen-bond acceptors (Lipinski definition) is 8. The van der Waals surface area contributed by atoms with E-state index in [1.165, 1.54) is 0 Å². The van der Waals surface area contributed by atoms with Crippen molar-refractivity contribution in [2.24, 2.45) is 0 Å². The molecule has 30 heavy (non-hydrogen) atoms. The minimum absolute atomic E-state index is 0.274. The van der Waals surface area contributed by atoms with Crippen molar-refractivity contribution in [3.8, 4) is 11.5 Å². The van der Waals surface area contributed by atoms with Crippen LogP contribution >= 0.6 is 0 Å². The van der Waals surface area contributed by atoms with Gasteiger partial charge in [0.05, 0.1) is 0 Å². The zero-order valence-corrected chi connectivity index (χ0v) is 18.4. The summed E-state index contributed by atoms with van der Waals surface area (Å²) in [6.07, 6.45) is -1.01. The molecule has 1 aromatic rings. The first-order chi connectivity index (χ1) is 14.5. The van der Waals surface area contributed by atoms with E-state index in [2.05, 4.69) is 33.7 Å². The summed E-state index contributed by atoms with van der Waals surface area (Å²) in [4.78, 5) is 9.15. The summed E-state index contributed by atoms with van der Waals surface area (Å²) in [6, 6.07) is 7.35. The average molecular weight is 423 g/mol. The molecule has 0 saturated carbocycles. The van der Waals surface area contributed by atoms with Crippen LogP contribution in [0.25, 0.3) is 0 Å². The van der Waals surface area contributed by atoms with E-state index in [0.717, 1.165) is 52.4 Å². The van der Waals surface area contributed by atoms with Crippen LogP contribution in [0.3, 0.4) is 0 Å². The van der Waals surface area contributed by atoms with E-state index in [-0.39, 0.29) is 13.2 Å². The number of β-amino-alcohol motifs (C(OH)–C–C–N with tert-alkyl or cyclic N) is 2. The van der Waals surface area contributed by atoms with E-state index in [9.17, 15) is 10.2 Å². The van der Waals surface area contributed by atoms with Gasteiger partial charge in [0.1, 0.15) is 36.9 Å². The van der Waals surface area contributed by atoms with Crippen molar-refractivity contribution in [2.75, 3.05) is 92.8 Å². The maximum absolute atomic E-state index is 10.2. The summed E-state index contributed by atoms with van der Waals surface area (Å²) in [5.74, 6) is 1.41. The van der Waals surface area contributed by atoms with Gasteiger partial charge in [-0.15, -0.1) is 0 Å². The van der Waals surface area contributed by atoms with Crippen LogP contribution in [-0.2, 0) is 0 Å². The number of ether oxygens (including phenoxy) is 2. The SMILES string of the molecule is CN1CCN(C[C@H](O)COc2ccc(OC[C@@H](O)CN3CCN(C)CC3)cc2)CC1. The average Bonchev–Trinajstić information content (AvgIpc) is 2.75. The molecule has 0 amide bonds. The molecule has 3 rings (SSSR count). The topological polar surface area (TPSA) is 71.9 Å². The lowest BCUT2D eigenvalue weighted by molar-refractivity contribution is 0.0495. The molecule has 0 unspecified atom stereocenters. The lowest BCUT2D eigenvalue weighted by atomic mass is 10.2. The quantitative estimate of drug-likeness (QED) is 0.531. The van der Waals surface area contributed by atoms with Crippen LogP contribution in [0.1, 0.15) is 0 Å². The van der Waals surface area contributed by atoms with Crippen molar-refractivity contribution in [1.29, 1.82) is 0 Å². The van der Waals surface area contributed by atoms with Crippen molar-refractivity contribution in [3.63, 3.8) is 0 Å². The van der Waals surface area contributed by atoms with Gasteiger partial charge in [-0.25, -0.2) is 0 Å². The molecule has 2 atom stereocenters. The number of benzene rings is 1. The Hall–Kier alpha value is -1.42. The van der Waals surface area contributed by atoms with Gasteiger partial charge in [-0.2, -0.15) is 0 Å². The van der Waals surface area contributed by atoms with Gasteiger partial charge >= 0.3 is 0 Å². The fraction of sp³-hybridized carbons (Fsp3) is 0.727. The maximum atomic E-state index is 10.2. The highest BCUT2D eigenvalue weighted by Crippen LogP contribution is 2.18. The van der Waals surface area contributed by atoms with Gasteiger partial charge in [0.25, 0.3) is 0 Å². The molecule has 8 heteroatoms. The van der Waals surface area contributed by atoms with Gasteiger partial charge in [0, 0.05) is 65.4 Å². The third kappa shape index (κ3) is 8.02. The first kappa shape index (κ1) is 23.2. The third-order valence-corrected chi connectivity index (χ3v) is 5.84. The normalized spacial score (nSPS) is 22.0. The van der Waals surface area contributed by atoms with Crippen LogP contribution in [0.15, 0.2) is 24.3 Å². The molecule has 2 heterocycles. The van der Waals surface area contributed by atoms with Crippen LogP contribution in [0.5, 0.6) is 11.5 Å². The number of aliphatic hydroxyl groups is 2. The van der Waals surface area contributed by atoms with E-state index in [0.29, 0.717) is 24.6 Å². The summed E-state index contributed by atoms with van der Waals surface area (Å²) < 4.78 is 11.4. The summed E-state index contributed by atoms with van der Waals surface area (Å²) in [5, 5.41) is 20.5. The molecule has 2 saturated heterocycles. The number of aliphatic hydroxyl groups excluding tert-OH is 2. The van der Waals surface area contributed by atoms with Crippen molar-refractivity contribution in [2.45, 2.75) is 12.2 Å². The minimum atomic E-state index is -0.506. The predicted octanol–water partition coefficient (Wildman–Crippen LogP) is -0.339. The summed E-state index contributed by atoms with van der Waals surface area (Å²) in [5.41, 5.74) is 0. The Balaban J connectivity index is 1.31. The molecule has 0 spiro atoms. The van der Waals surface area contributed by atoms with Gasteiger partial charge < -0.3 is 29.5 Å². The molecular weight excluding hydrogens is 384 g/mol. The Morgan fingerprint density at radius 2 is 1.00 bits per heavy atom. The van der Waals surface area contributed by atoms with Gasteiger partial charge in [-0.05, 0) is 38.4 Å². The molecular formula is C22H38N4O4. The molecule has 1 aromatic carbocycles. The number of likely N-dealkylation sites (N-methyl/N-ethyl adjacent to an activating group) is 2. The van der Waals surface area contributed by atoms with Crippen LogP contribution in [0, 0.1) is 0 Å².